The van der Waals surface area contributed by atoms with Crippen LogP contribution < -0.4 is 5.32 Å². The van der Waals surface area contributed by atoms with Gasteiger partial charge in [-0.1, -0.05) is 0 Å². The van der Waals surface area contributed by atoms with Gasteiger partial charge < -0.3 is 10.1 Å². The van der Waals surface area contributed by atoms with E-state index in [2.05, 4.69) is 10.2 Å². The smallest absolute Gasteiger partial charge is 0.0826 e. The first kappa shape index (κ1) is 10.1. The molecule has 15 heavy (non-hydrogen) atoms. The minimum atomic E-state index is 0.443. The molecule has 3 rings (SSSR count). The molecule has 0 radical (unpaired) electrons. The molecule has 0 amide bonds. The van der Waals surface area contributed by atoms with Crippen LogP contribution in [0.1, 0.15) is 25.7 Å². The van der Waals surface area contributed by atoms with Gasteiger partial charge in [0.05, 0.1) is 12.7 Å². The molecule has 1 saturated carbocycles. The van der Waals surface area contributed by atoms with Crippen LogP contribution in [0.15, 0.2) is 0 Å². The minimum Gasteiger partial charge on any atom is -0.374 e. The quantitative estimate of drug-likeness (QED) is 0.744. The van der Waals surface area contributed by atoms with Gasteiger partial charge in [-0.25, -0.2) is 0 Å². The molecule has 2 aliphatic heterocycles. The SMILES string of the molecule is C1CC2COC(CNCC3CC3)CN2C1. The van der Waals surface area contributed by atoms with E-state index in [9.17, 15) is 0 Å². The van der Waals surface area contributed by atoms with E-state index in [0.29, 0.717) is 6.10 Å². The van der Waals surface area contributed by atoms with Crippen LogP contribution >= 0.6 is 0 Å². The van der Waals surface area contributed by atoms with Crippen molar-refractivity contribution >= 4 is 0 Å². The Morgan fingerprint density at radius 2 is 2.13 bits per heavy atom. The van der Waals surface area contributed by atoms with Crippen molar-refractivity contribution in [3.05, 3.63) is 0 Å². The third-order valence-corrected chi connectivity index (χ3v) is 3.96. The van der Waals surface area contributed by atoms with Gasteiger partial charge in [0.25, 0.3) is 0 Å². The standard InChI is InChI=1S/C12H22N2O/c1-2-11-9-15-12(8-14(11)5-1)7-13-6-10-3-4-10/h10-13H,1-9H2. The highest BCUT2D eigenvalue weighted by atomic mass is 16.5. The maximum Gasteiger partial charge on any atom is 0.0826 e. The molecule has 2 saturated heterocycles. The summed E-state index contributed by atoms with van der Waals surface area (Å²) in [5, 5.41) is 3.55. The zero-order valence-corrected chi connectivity index (χ0v) is 9.45. The molecule has 0 aromatic carbocycles. The fraction of sp³-hybridized carbons (Fsp3) is 1.00. The first-order valence-corrected chi connectivity index (χ1v) is 6.48. The van der Waals surface area contributed by atoms with Crippen molar-refractivity contribution in [2.75, 3.05) is 32.8 Å². The zero-order chi connectivity index (χ0) is 10.1. The molecular formula is C12H22N2O. The zero-order valence-electron chi connectivity index (χ0n) is 9.45. The molecule has 1 N–H and O–H groups in total. The van der Waals surface area contributed by atoms with Gasteiger partial charge in [-0.15, -0.1) is 0 Å². The number of hydrogen-bond acceptors (Lipinski definition) is 3. The Kier molecular flexibility index (Phi) is 2.95. The average Bonchev–Trinajstić information content (AvgIpc) is 2.95. The van der Waals surface area contributed by atoms with Crippen LogP contribution in [0.25, 0.3) is 0 Å². The molecule has 1 aliphatic carbocycles. The first-order valence-electron chi connectivity index (χ1n) is 6.48. The van der Waals surface area contributed by atoms with Crippen LogP contribution in [0.3, 0.4) is 0 Å². The Morgan fingerprint density at radius 1 is 1.20 bits per heavy atom. The minimum absolute atomic E-state index is 0.443. The molecular weight excluding hydrogens is 188 g/mol. The molecule has 2 atom stereocenters. The molecule has 2 heterocycles. The molecule has 0 aromatic heterocycles. The van der Waals surface area contributed by atoms with Crippen molar-refractivity contribution in [2.45, 2.75) is 37.8 Å². The molecule has 3 aliphatic rings. The third-order valence-electron chi connectivity index (χ3n) is 3.96. The largest absolute Gasteiger partial charge is 0.374 e. The summed E-state index contributed by atoms with van der Waals surface area (Å²) in [5.41, 5.74) is 0. The molecule has 3 heteroatoms. The van der Waals surface area contributed by atoms with Gasteiger partial charge in [0.1, 0.15) is 0 Å². The summed E-state index contributed by atoms with van der Waals surface area (Å²) >= 11 is 0. The van der Waals surface area contributed by atoms with Crippen LogP contribution in [-0.4, -0.2) is 49.8 Å². The van der Waals surface area contributed by atoms with Crippen LogP contribution in [0.2, 0.25) is 0 Å². The van der Waals surface area contributed by atoms with Crippen molar-refractivity contribution in [3.8, 4) is 0 Å². The predicted molar refractivity (Wildman–Crippen MR) is 59.9 cm³/mol. The Morgan fingerprint density at radius 3 is 3.00 bits per heavy atom. The molecule has 86 valence electrons. The van der Waals surface area contributed by atoms with Crippen molar-refractivity contribution in [3.63, 3.8) is 0 Å². The summed E-state index contributed by atoms with van der Waals surface area (Å²) in [4.78, 5) is 2.62. The summed E-state index contributed by atoms with van der Waals surface area (Å²) < 4.78 is 5.89. The van der Waals surface area contributed by atoms with Crippen LogP contribution in [0.4, 0.5) is 0 Å². The summed E-state index contributed by atoms with van der Waals surface area (Å²) in [6, 6.07) is 0.740. The number of nitrogens with one attached hydrogen (secondary N) is 1. The maximum atomic E-state index is 5.89. The van der Waals surface area contributed by atoms with Gasteiger partial charge in [0.15, 0.2) is 0 Å². The number of ether oxygens (including phenoxy) is 1. The maximum absolute atomic E-state index is 5.89. The third kappa shape index (κ3) is 2.52. The lowest BCUT2D eigenvalue weighted by atomic mass is 10.2. The Hall–Kier alpha value is -0.120. The van der Waals surface area contributed by atoms with Crippen LogP contribution in [0.5, 0.6) is 0 Å². The van der Waals surface area contributed by atoms with Crippen molar-refractivity contribution < 1.29 is 4.74 Å². The van der Waals surface area contributed by atoms with E-state index in [0.717, 1.165) is 31.7 Å². The van der Waals surface area contributed by atoms with Gasteiger partial charge in [-0.3, -0.25) is 4.90 Å². The second kappa shape index (κ2) is 4.40. The number of nitrogens with zero attached hydrogens (tertiary/aromatic N) is 1. The van der Waals surface area contributed by atoms with E-state index in [1.165, 1.54) is 38.8 Å². The van der Waals surface area contributed by atoms with E-state index >= 15 is 0 Å². The van der Waals surface area contributed by atoms with Crippen molar-refractivity contribution in [1.82, 2.24) is 10.2 Å². The molecule has 3 fully saturated rings. The van der Waals surface area contributed by atoms with E-state index in [1.54, 1.807) is 0 Å². The van der Waals surface area contributed by atoms with Crippen LogP contribution in [0, 0.1) is 5.92 Å². The normalized spacial score (nSPS) is 36.8. The molecule has 0 bridgehead atoms. The number of morpholine rings is 1. The lowest BCUT2D eigenvalue weighted by Crippen LogP contribution is -2.49. The highest BCUT2D eigenvalue weighted by Gasteiger charge is 2.32. The summed E-state index contributed by atoms with van der Waals surface area (Å²) in [7, 11) is 0. The van der Waals surface area contributed by atoms with Gasteiger partial charge in [-0.2, -0.15) is 0 Å². The average molecular weight is 210 g/mol. The van der Waals surface area contributed by atoms with Crippen molar-refractivity contribution in [1.29, 1.82) is 0 Å². The molecule has 0 aromatic rings. The monoisotopic (exact) mass is 210 g/mol. The highest BCUT2D eigenvalue weighted by molar-refractivity contribution is 4.86. The van der Waals surface area contributed by atoms with Crippen molar-refractivity contribution in [2.24, 2.45) is 5.92 Å². The molecule has 2 unspecified atom stereocenters. The number of rotatable bonds is 4. The van der Waals surface area contributed by atoms with Gasteiger partial charge >= 0.3 is 0 Å². The number of fused-ring (bicyclic) bond motifs is 1. The van der Waals surface area contributed by atoms with Gasteiger partial charge in [-0.05, 0) is 44.7 Å². The highest BCUT2D eigenvalue weighted by Crippen LogP contribution is 2.27. The summed E-state index contributed by atoms with van der Waals surface area (Å²) in [6.07, 6.45) is 6.04. The van der Waals surface area contributed by atoms with Gasteiger partial charge in [0, 0.05) is 19.1 Å². The summed E-state index contributed by atoms with van der Waals surface area (Å²) in [5.74, 6) is 0.980. The lowest BCUT2D eigenvalue weighted by Gasteiger charge is -2.35. The Bertz CT molecular complexity index is 218. The second-order valence-electron chi connectivity index (χ2n) is 5.35. The predicted octanol–water partition coefficient (Wildman–Crippen LogP) is 0.849. The first-order chi connectivity index (χ1) is 7.42. The Balaban J connectivity index is 1.38. The summed E-state index contributed by atoms with van der Waals surface area (Å²) in [6.45, 7) is 5.69. The molecule has 0 spiro atoms. The van der Waals surface area contributed by atoms with Crippen LogP contribution in [-0.2, 0) is 4.74 Å². The van der Waals surface area contributed by atoms with E-state index in [4.69, 9.17) is 4.74 Å². The lowest BCUT2D eigenvalue weighted by molar-refractivity contribution is -0.0469. The van der Waals surface area contributed by atoms with E-state index < -0.39 is 0 Å². The fourth-order valence-electron chi connectivity index (χ4n) is 2.78. The van der Waals surface area contributed by atoms with E-state index in [-0.39, 0.29) is 0 Å². The molecule has 3 nitrogen and oxygen atoms in total. The van der Waals surface area contributed by atoms with E-state index in [1.807, 2.05) is 0 Å². The fourth-order valence-corrected chi connectivity index (χ4v) is 2.78. The number of hydrogen-bond donors (Lipinski definition) is 1. The van der Waals surface area contributed by atoms with Gasteiger partial charge in [0.2, 0.25) is 0 Å². The Labute approximate surface area is 92.2 Å². The topological polar surface area (TPSA) is 24.5 Å². The second-order valence-corrected chi connectivity index (χ2v) is 5.35.